The Morgan fingerprint density at radius 1 is 0.955 bits per heavy atom. The van der Waals surface area contributed by atoms with Gasteiger partial charge in [0.25, 0.3) is 0 Å². The number of hydrogen-bond donors (Lipinski definition) is 0. The summed E-state index contributed by atoms with van der Waals surface area (Å²) in [5, 5.41) is 6.85. The normalized spacial score (nSPS) is 11.0. The molecule has 0 amide bonds. The second-order valence-electron chi connectivity index (χ2n) is 5.78. The van der Waals surface area contributed by atoms with Crippen LogP contribution in [0.3, 0.4) is 0 Å². The second-order valence-corrected chi connectivity index (χ2v) is 5.78. The topological polar surface area (TPSA) is 21.1 Å². The van der Waals surface area contributed by atoms with E-state index in [9.17, 15) is 0 Å². The van der Waals surface area contributed by atoms with Crippen LogP contribution in [0.2, 0.25) is 0 Å². The molecule has 0 aliphatic heterocycles. The highest BCUT2D eigenvalue weighted by atomic mass is 15.3. The zero-order valence-corrected chi connectivity index (χ0v) is 13.2. The molecule has 2 aromatic carbocycles. The predicted molar refractivity (Wildman–Crippen MR) is 93.3 cm³/mol. The van der Waals surface area contributed by atoms with Crippen LogP contribution in [-0.4, -0.2) is 23.4 Å². The van der Waals surface area contributed by atoms with Crippen LogP contribution in [0.5, 0.6) is 0 Å². The number of benzene rings is 2. The van der Waals surface area contributed by atoms with E-state index in [4.69, 9.17) is 0 Å². The van der Waals surface area contributed by atoms with Gasteiger partial charge in [-0.25, -0.2) is 0 Å². The van der Waals surface area contributed by atoms with E-state index in [2.05, 4.69) is 59.5 Å². The second kappa shape index (κ2) is 7.12. The van der Waals surface area contributed by atoms with Gasteiger partial charge in [0, 0.05) is 38.2 Å². The molecule has 0 aliphatic rings. The van der Waals surface area contributed by atoms with E-state index in [-0.39, 0.29) is 0 Å². The van der Waals surface area contributed by atoms with Crippen LogP contribution in [0.25, 0.3) is 10.8 Å². The molecular formula is C19H23N3. The summed E-state index contributed by atoms with van der Waals surface area (Å²) in [5.74, 6) is 0. The van der Waals surface area contributed by atoms with Gasteiger partial charge in [-0.05, 0) is 48.2 Å². The molecule has 0 aliphatic carbocycles. The molecule has 0 unspecified atom stereocenters. The predicted octanol–water partition coefficient (Wildman–Crippen LogP) is 4.34. The van der Waals surface area contributed by atoms with Crippen molar-refractivity contribution in [2.75, 3.05) is 18.5 Å². The Balaban J connectivity index is 1.47. The van der Waals surface area contributed by atoms with E-state index in [1.807, 2.05) is 23.1 Å². The number of nitrogens with zero attached hydrogens (tertiary/aromatic N) is 3. The quantitative estimate of drug-likeness (QED) is 0.604. The fourth-order valence-electron chi connectivity index (χ4n) is 2.78. The van der Waals surface area contributed by atoms with Gasteiger partial charge in [-0.15, -0.1) is 0 Å². The van der Waals surface area contributed by atoms with Crippen molar-refractivity contribution in [3.05, 3.63) is 60.9 Å². The van der Waals surface area contributed by atoms with E-state index in [0.717, 1.165) is 13.1 Å². The maximum absolute atomic E-state index is 4.23. The number of unbranched alkanes of at least 4 members (excludes halogenated alkanes) is 2. The van der Waals surface area contributed by atoms with Gasteiger partial charge in [0.2, 0.25) is 0 Å². The van der Waals surface area contributed by atoms with Crippen LogP contribution in [-0.2, 0) is 6.54 Å². The summed E-state index contributed by atoms with van der Waals surface area (Å²) in [6.45, 7) is 2.12. The first-order valence-electron chi connectivity index (χ1n) is 8.00. The van der Waals surface area contributed by atoms with Gasteiger partial charge in [-0.1, -0.05) is 30.3 Å². The third-order valence-electron chi connectivity index (χ3n) is 4.11. The standard InChI is InChI=1S/C19H23N3/c1-21(13-5-2-6-14-22-15-7-12-20-22)19-11-10-17-8-3-4-9-18(17)16-19/h3-4,7-12,15-16H,2,5-6,13-14H2,1H3. The van der Waals surface area contributed by atoms with E-state index in [1.165, 1.54) is 35.7 Å². The molecule has 0 saturated carbocycles. The highest BCUT2D eigenvalue weighted by Gasteiger charge is 2.02. The maximum Gasteiger partial charge on any atom is 0.0489 e. The Labute approximate surface area is 132 Å². The summed E-state index contributed by atoms with van der Waals surface area (Å²) in [6.07, 6.45) is 7.50. The minimum Gasteiger partial charge on any atom is -0.375 e. The number of aromatic nitrogens is 2. The van der Waals surface area contributed by atoms with Crippen molar-refractivity contribution in [2.24, 2.45) is 0 Å². The zero-order valence-electron chi connectivity index (χ0n) is 13.2. The summed E-state index contributed by atoms with van der Waals surface area (Å²) in [6, 6.07) is 17.2. The number of aryl methyl sites for hydroxylation is 1. The van der Waals surface area contributed by atoms with Gasteiger partial charge in [0.15, 0.2) is 0 Å². The first-order valence-corrected chi connectivity index (χ1v) is 8.00. The van der Waals surface area contributed by atoms with Crippen molar-refractivity contribution in [1.29, 1.82) is 0 Å². The summed E-state index contributed by atoms with van der Waals surface area (Å²) < 4.78 is 2.01. The van der Waals surface area contributed by atoms with Gasteiger partial charge in [0.05, 0.1) is 0 Å². The monoisotopic (exact) mass is 293 g/mol. The van der Waals surface area contributed by atoms with Gasteiger partial charge in [0.1, 0.15) is 0 Å². The van der Waals surface area contributed by atoms with Gasteiger partial charge in [-0.2, -0.15) is 5.10 Å². The number of rotatable bonds is 7. The number of fused-ring (bicyclic) bond motifs is 1. The lowest BCUT2D eigenvalue weighted by molar-refractivity contribution is 0.544. The Morgan fingerprint density at radius 2 is 1.82 bits per heavy atom. The SMILES string of the molecule is CN(CCCCCn1cccn1)c1ccc2ccccc2c1. The van der Waals surface area contributed by atoms with Gasteiger partial charge < -0.3 is 4.90 Å². The van der Waals surface area contributed by atoms with Crippen LogP contribution < -0.4 is 4.90 Å². The lowest BCUT2D eigenvalue weighted by Gasteiger charge is -2.19. The maximum atomic E-state index is 4.23. The Bertz CT molecular complexity index is 704. The van der Waals surface area contributed by atoms with Crippen molar-refractivity contribution >= 4 is 16.5 Å². The average Bonchev–Trinajstić information content (AvgIpc) is 3.07. The van der Waals surface area contributed by atoms with E-state index < -0.39 is 0 Å². The minimum atomic E-state index is 1.02. The van der Waals surface area contributed by atoms with Crippen molar-refractivity contribution in [3.63, 3.8) is 0 Å². The summed E-state index contributed by atoms with van der Waals surface area (Å²) >= 11 is 0. The molecule has 3 nitrogen and oxygen atoms in total. The summed E-state index contributed by atoms with van der Waals surface area (Å²) in [5.41, 5.74) is 1.30. The van der Waals surface area contributed by atoms with Crippen molar-refractivity contribution in [3.8, 4) is 0 Å². The fraction of sp³-hybridized carbons (Fsp3) is 0.316. The lowest BCUT2D eigenvalue weighted by Crippen LogP contribution is -2.18. The molecular weight excluding hydrogens is 270 g/mol. The van der Waals surface area contributed by atoms with Gasteiger partial charge in [-0.3, -0.25) is 4.68 Å². The smallest absolute Gasteiger partial charge is 0.0489 e. The van der Waals surface area contributed by atoms with E-state index >= 15 is 0 Å². The molecule has 3 rings (SSSR count). The molecule has 3 aromatic rings. The molecule has 0 bridgehead atoms. The first kappa shape index (κ1) is 14.6. The molecule has 1 heterocycles. The Hall–Kier alpha value is -2.29. The highest BCUT2D eigenvalue weighted by Crippen LogP contribution is 2.21. The van der Waals surface area contributed by atoms with Crippen LogP contribution in [0.1, 0.15) is 19.3 Å². The average molecular weight is 293 g/mol. The molecule has 3 heteroatoms. The largest absolute Gasteiger partial charge is 0.375 e. The lowest BCUT2D eigenvalue weighted by atomic mass is 10.1. The molecule has 0 spiro atoms. The molecule has 1 aromatic heterocycles. The highest BCUT2D eigenvalue weighted by molar-refractivity contribution is 5.85. The minimum absolute atomic E-state index is 1.02. The van der Waals surface area contributed by atoms with Crippen LogP contribution in [0.4, 0.5) is 5.69 Å². The molecule has 0 radical (unpaired) electrons. The molecule has 0 fully saturated rings. The molecule has 0 saturated heterocycles. The Kier molecular flexibility index (Phi) is 4.74. The molecule has 114 valence electrons. The summed E-state index contributed by atoms with van der Waals surface area (Å²) in [4.78, 5) is 2.35. The zero-order chi connectivity index (χ0) is 15.2. The number of hydrogen-bond acceptors (Lipinski definition) is 2. The Morgan fingerprint density at radius 3 is 2.64 bits per heavy atom. The van der Waals surface area contributed by atoms with E-state index in [1.54, 1.807) is 0 Å². The third-order valence-corrected chi connectivity index (χ3v) is 4.11. The summed E-state index contributed by atoms with van der Waals surface area (Å²) in [7, 11) is 2.18. The molecule has 0 N–H and O–H groups in total. The van der Waals surface area contributed by atoms with Crippen molar-refractivity contribution < 1.29 is 0 Å². The van der Waals surface area contributed by atoms with Crippen LogP contribution in [0.15, 0.2) is 60.9 Å². The molecule has 0 atom stereocenters. The van der Waals surface area contributed by atoms with E-state index in [0.29, 0.717) is 0 Å². The fourth-order valence-corrected chi connectivity index (χ4v) is 2.78. The van der Waals surface area contributed by atoms with Crippen LogP contribution >= 0.6 is 0 Å². The number of anilines is 1. The van der Waals surface area contributed by atoms with Gasteiger partial charge >= 0.3 is 0 Å². The first-order chi connectivity index (χ1) is 10.8. The van der Waals surface area contributed by atoms with Crippen molar-refractivity contribution in [2.45, 2.75) is 25.8 Å². The third kappa shape index (κ3) is 3.67. The van der Waals surface area contributed by atoms with Crippen molar-refractivity contribution in [1.82, 2.24) is 9.78 Å². The molecule has 22 heavy (non-hydrogen) atoms. The van der Waals surface area contributed by atoms with Crippen LogP contribution in [0, 0.1) is 0 Å².